The minimum atomic E-state index is -0.942. The van der Waals surface area contributed by atoms with E-state index >= 15 is 0 Å². The van der Waals surface area contributed by atoms with E-state index in [0.717, 1.165) is 25.8 Å². The molecule has 0 spiro atoms. The minimum absolute atomic E-state index is 0.179. The van der Waals surface area contributed by atoms with Crippen LogP contribution < -0.4 is 4.74 Å². The van der Waals surface area contributed by atoms with Crippen molar-refractivity contribution in [2.24, 2.45) is 5.92 Å². The Balaban J connectivity index is 1.55. The zero-order valence-corrected chi connectivity index (χ0v) is 12.8. The second-order valence-corrected chi connectivity index (χ2v) is 6.38. The molecule has 0 radical (unpaired) electrons. The lowest BCUT2D eigenvalue weighted by Crippen LogP contribution is -2.51. The van der Waals surface area contributed by atoms with E-state index in [1.807, 2.05) is 0 Å². The summed E-state index contributed by atoms with van der Waals surface area (Å²) < 4.78 is 5.72. The molecule has 22 heavy (non-hydrogen) atoms. The number of ether oxygens (including phenoxy) is 1. The number of hydrogen-bond acceptors (Lipinski definition) is 4. The first-order valence-electron chi connectivity index (χ1n) is 7.96. The third-order valence-electron chi connectivity index (χ3n) is 5.12. The maximum atomic E-state index is 10.9. The van der Waals surface area contributed by atoms with Crippen LogP contribution in [0.3, 0.4) is 0 Å². The summed E-state index contributed by atoms with van der Waals surface area (Å²) in [6.07, 6.45) is 2.98. The number of carbonyl (C=O) groups is 1. The van der Waals surface area contributed by atoms with Gasteiger partial charge in [-0.15, -0.1) is 0 Å². The van der Waals surface area contributed by atoms with Crippen molar-refractivity contribution in [2.75, 3.05) is 13.2 Å². The van der Waals surface area contributed by atoms with Gasteiger partial charge in [0.15, 0.2) is 0 Å². The van der Waals surface area contributed by atoms with E-state index in [0.29, 0.717) is 30.4 Å². The Bertz CT molecular complexity index is 547. The van der Waals surface area contributed by atoms with Gasteiger partial charge in [0.25, 0.3) is 0 Å². The summed E-state index contributed by atoms with van der Waals surface area (Å²) in [6.45, 7) is 3.49. The molecule has 0 aliphatic carbocycles. The predicted octanol–water partition coefficient (Wildman–Crippen LogP) is 2.00. The molecule has 2 bridgehead atoms. The summed E-state index contributed by atoms with van der Waals surface area (Å²) >= 11 is 0. The molecule has 2 saturated heterocycles. The molecule has 0 aromatic heterocycles. The van der Waals surface area contributed by atoms with Crippen LogP contribution in [0.25, 0.3) is 0 Å². The zero-order valence-electron chi connectivity index (χ0n) is 12.8. The highest BCUT2D eigenvalue weighted by Crippen LogP contribution is 2.38. The van der Waals surface area contributed by atoms with Crippen molar-refractivity contribution in [3.8, 4) is 5.75 Å². The molecule has 2 heterocycles. The van der Waals surface area contributed by atoms with Gasteiger partial charge in [-0.3, -0.25) is 4.90 Å². The number of aliphatic hydroxyl groups is 1. The van der Waals surface area contributed by atoms with Crippen molar-refractivity contribution < 1.29 is 19.7 Å². The Morgan fingerprint density at radius 2 is 2.23 bits per heavy atom. The fourth-order valence-electron chi connectivity index (χ4n) is 3.87. The zero-order chi connectivity index (χ0) is 15.7. The summed E-state index contributed by atoms with van der Waals surface area (Å²) in [4.78, 5) is 13.4. The number of nitrogens with zero attached hydrogens (tertiary/aromatic N) is 1. The molecular weight excluding hydrogens is 282 g/mol. The Kier molecular flexibility index (Phi) is 4.36. The molecule has 4 atom stereocenters. The third kappa shape index (κ3) is 2.96. The van der Waals surface area contributed by atoms with E-state index in [2.05, 4.69) is 11.8 Å². The molecule has 1 aromatic rings. The van der Waals surface area contributed by atoms with E-state index in [9.17, 15) is 9.90 Å². The van der Waals surface area contributed by atoms with Crippen LogP contribution in [0, 0.1) is 5.92 Å². The molecule has 4 unspecified atom stereocenters. The first kappa shape index (κ1) is 15.3. The van der Waals surface area contributed by atoms with Gasteiger partial charge in [0.05, 0.1) is 11.7 Å². The summed E-state index contributed by atoms with van der Waals surface area (Å²) in [7, 11) is 0. The number of benzene rings is 1. The van der Waals surface area contributed by atoms with Gasteiger partial charge in [0.1, 0.15) is 12.4 Å². The van der Waals surface area contributed by atoms with Gasteiger partial charge >= 0.3 is 5.97 Å². The van der Waals surface area contributed by atoms with E-state index in [1.165, 1.54) is 0 Å². The van der Waals surface area contributed by atoms with Crippen LogP contribution in [0.2, 0.25) is 0 Å². The van der Waals surface area contributed by atoms with Crippen LogP contribution in [0.5, 0.6) is 5.75 Å². The Morgan fingerprint density at radius 3 is 3.00 bits per heavy atom. The van der Waals surface area contributed by atoms with E-state index in [-0.39, 0.29) is 11.7 Å². The molecule has 2 fully saturated rings. The number of hydrogen-bond donors (Lipinski definition) is 2. The molecule has 2 aliphatic rings. The predicted molar refractivity (Wildman–Crippen MR) is 82.2 cm³/mol. The average Bonchev–Trinajstić information content (AvgIpc) is 2.82. The van der Waals surface area contributed by atoms with Crippen LogP contribution in [0.1, 0.15) is 36.5 Å². The number of fused-ring (bicyclic) bond motifs is 2. The van der Waals surface area contributed by atoms with Crippen LogP contribution in [0.4, 0.5) is 0 Å². The SMILES string of the molecule is CC1C(O)CC2CCC1N2CCOc1cccc(C(=O)O)c1. The Hall–Kier alpha value is -1.59. The minimum Gasteiger partial charge on any atom is -0.492 e. The smallest absolute Gasteiger partial charge is 0.335 e. The molecule has 0 amide bonds. The summed E-state index contributed by atoms with van der Waals surface area (Å²) in [5.41, 5.74) is 0.243. The highest BCUT2D eigenvalue weighted by Gasteiger charge is 2.44. The quantitative estimate of drug-likeness (QED) is 0.870. The van der Waals surface area contributed by atoms with Crippen molar-refractivity contribution in [3.05, 3.63) is 29.8 Å². The summed E-state index contributed by atoms with van der Waals surface area (Å²) in [5, 5.41) is 19.0. The van der Waals surface area contributed by atoms with Gasteiger partial charge in [0.2, 0.25) is 0 Å². The fraction of sp³-hybridized carbons (Fsp3) is 0.588. The molecule has 5 nitrogen and oxygen atoms in total. The standard InChI is InChI=1S/C17H23NO4/c1-11-15-6-5-13(10-16(11)19)18(15)7-8-22-14-4-2-3-12(9-14)17(20)21/h2-4,9,11,13,15-16,19H,5-8,10H2,1H3,(H,20,21). The van der Waals surface area contributed by atoms with Crippen molar-refractivity contribution >= 4 is 5.97 Å². The molecule has 120 valence electrons. The fourth-order valence-corrected chi connectivity index (χ4v) is 3.87. The lowest BCUT2D eigenvalue weighted by Gasteiger charge is -2.41. The lowest BCUT2D eigenvalue weighted by atomic mass is 9.89. The van der Waals surface area contributed by atoms with Gasteiger partial charge in [0, 0.05) is 18.6 Å². The van der Waals surface area contributed by atoms with Crippen LogP contribution in [0.15, 0.2) is 24.3 Å². The molecule has 5 heteroatoms. The van der Waals surface area contributed by atoms with Gasteiger partial charge < -0.3 is 14.9 Å². The monoisotopic (exact) mass is 305 g/mol. The maximum absolute atomic E-state index is 10.9. The summed E-state index contributed by atoms with van der Waals surface area (Å²) in [5.74, 6) is -0.0336. The topological polar surface area (TPSA) is 70.0 Å². The van der Waals surface area contributed by atoms with Crippen molar-refractivity contribution in [1.82, 2.24) is 4.90 Å². The maximum Gasteiger partial charge on any atom is 0.335 e. The number of aliphatic hydroxyl groups excluding tert-OH is 1. The van der Waals surface area contributed by atoms with Gasteiger partial charge in [-0.25, -0.2) is 4.79 Å². The van der Waals surface area contributed by atoms with E-state index in [4.69, 9.17) is 9.84 Å². The number of piperidine rings is 1. The summed E-state index contributed by atoms with van der Waals surface area (Å²) in [6, 6.07) is 7.50. The van der Waals surface area contributed by atoms with Crippen molar-refractivity contribution in [2.45, 2.75) is 44.4 Å². The molecule has 0 saturated carbocycles. The number of carboxylic acid groups (broad SMARTS) is 1. The first-order valence-corrected chi connectivity index (χ1v) is 7.96. The number of rotatable bonds is 5. The molecular formula is C17H23NO4. The highest BCUT2D eigenvalue weighted by atomic mass is 16.5. The van der Waals surface area contributed by atoms with Crippen molar-refractivity contribution in [1.29, 1.82) is 0 Å². The normalized spacial score (nSPS) is 31.2. The molecule has 2 N–H and O–H groups in total. The molecule has 2 aliphatic heterocycles. The largest absolute Gasteiger partial charge is 0.492 e. The molecule has 1 aromatic carbocycles. The number of carboxylic acids is 1. The number of aromatic carboxylic acids is 1. The lowest BCUT2D eigenvalue weighted by molar-refractivity contribution is -0.0152. The van der Waals surface area contributed by atoms with Gasteiger partial charge in [-0.05, 0) is 43.4 Å². The van der Waals surface area contributed by atoms with Gasteiger partial charge in [-0.1, -0.05) is 13.0 Å². The van der Waals surface area contributed by atoms with Crippen LogP contribution in [-0.2, 0) is 0 Å². The van der Waals surface area contributed by atoms with E-state index < -0.39 is 5.97 Å². The third-order valence-corrected chi connectivity index (χ3v) is 5.12. The highest BCUT2D eigenvalue weighted by molar-refractivity contribution is 5.87. The Morgan fingerprint density at radius 1 is 1.41 bits per heavy atom. The van der Waals surface area contributed by atoms with Crippen molar-refractivity contribution in [3.63, 3.8) is 0 Å². The molecule has 3 rings (SSSR count). The van der Waals surface area contributed by atoms with Gasteiger partial charge in [-0.2, -0.15) is 0 Å². The van der Waals surface area contributed by atoms with Crippen LogP contribution in [-0.4, -0.2) is 52.4 Å². The van der Waals surface area contributed by atoms with Crippen LogP contribution >= 0.6 is 0 Å². The average molecular weight is 305 g/mol. The first-order chi connectivity index (χ1) is 10.6. The second-order valence-electron chi connectivity index (χ2n) is 6.38. The van der Waals surface area contributed by atoms with E-state index in [1.54, 1.807) is 24.3 Å². The Labute approximate surface area is 130 Å². The second kappa shape index (κ2) is 6.26.